The monoisotopic (exact) mass is 514 g/mol. The highest BCUT2D eigenvalue weighted by Crippen LogP contribution is 2.66. The van der Waals surface area contributed by atoms with Gasteiger partial charge in [0, 0.05) is 36.7 Å². The van der Waals surface area contributed by atoms with Gasteiger partial charge >= 0.3 is 0 Å². The largest absolute Gasteiger partial charge is 0.504 e. The number of piperidine rings is 1. The Hall–Kier alpha value is -3.21. The number of carbonyl (C=O) groups excluding carboxylic acids is 1. The smallest absolute Gasteiger partial charge is 0.298 e. The maximum absolute atomic E-state index is 13.3. The van der Waals surface area contributed by atoms with Crippen LogP contribution in [0.4, 0.5) is 0 Å². The van der Waals surface area contributed by atoms with E-state index in [0.717, 1.165) is 54.3 Å². The van der Waals surface area contributed by atoms with Crippen LogP contribution in [0.25, 0.3) is 0 Å². The summed E-state index contributed by atoms with van der Waals surface area (Å²) in [5, 5.41) is 23.4. The predicted molar refractivity (Wildman–Crippen MR) is 141 cm³/mol. The number of phenols is 1. The molecule has 7 rings (SSSR count). The lowest BCUT2D eigenvalue weighted by Crippen LogP contribution is -2.78. The summed E-state index contributed by atoms with van der Waals surface area (Å²) in [6.07, 6.45) is 4.83. The van der Waals surface area contributed by atoms with Gasteiger partial charge < -0.3 is 24.6 Å². The van der Waals surface area contributed by atoms with E-state index in [1.54, 1.807) is 25.1 Å². The molecule has 198 valence electrons. The molecule has 3 aliphatic carbocycles. The molecule has 2 aromatic rings. The second-order valence-electron chi connectivity index (χ2n) is 11.8. The van der Waals surface area contributed by atoms with E-state index in [0.29, 0.717) is 18.6 Å². The van der Waals surface area contributed by atoms with Crippen LogP contribution >= 0.6 is 0 Å². The van der Waals surface area contributed by atoms with Gasteiger partial charge in [0.15, 0.2) is 11.5 Å². The first-order valence-corrected chi connectivity index (χ1v) is 13.8. The molecule has 2 aromatic carbocycles. The molecule has 1 saturated heterocycles. The van der Waals surface area contributed by atoms with E-state index in [1.807, 2.05) is 30.3 Å². The van der Waals surface area contributed by atoms with Crippen molar-refractivity contribution < 1.29 is 24.5 Å². The molecule has 0 radical (unpaired) electrons. The number of amides is 1. The van der Waals surface area contributed by atoms with Crippen molar-refractivity contribution in [1.82, 2.24) is 9.80 Å². The van der Waals surface area contributed by atoms with Gasteiger partial charge in [-0.25, -0.2) is 0 Å². The average Bonchev–Trinajstić information content (AvgIpc) is 3.67. The SMILES string of the molecule is COc1ccc(C#CC(=O)N(C)[C@H]2CC[C@@]3(O)[C@H]4Cc5ccc(O)c6c5[C@@]3(CCN4CC3CC3)[C@H]2O6)cc1. The van der Waals surface area contributed by atoms with Crippen LogP contribution in [-0.4, -0.2) is 77.0 Å². The number of nitrogens with zero attached hydrogens (tertiary/aromatic N) is 2. The number of benzene rings is 2. The molecule has 7 nitrogen and oxygen atoms in total. The summed E-state index contributed by atoms with van der Waals surface area (Å²) in [6.45, 7) is 1.93. The fourth-order valence-corrected chi connectivity index (χ4v) is 7.89. The second-order valence-corrected chi connectivity index (χ2v) is 11.8. The first-order chi connectivity index (χ1) is 18.4. The Morgan fingerprint density at radius 1 is 1.18 bits per heavy atom. The summed E-state index contributed by atoms with van der Waals surface area (Å²) < 4.78 is 11.8. The van der Waals surface area contributed by atoms with E-state index in [4.69, 9.17) is 9.47 Å². The molecular weight excluding hydrogens is 480 g/mol. The molecule has 2 heterocycles. The molecular formula is C31H34N2O5. The molecule has 2 saturated carbocycles. The highest BCUT2D eigenvalue weighted by Gasteiger charge is 2.73. The highest BCUT2D eigenvalue weighted by molar-refractivity contribution is 5.94. The predicted octanol–water partition coefficient (Wildman–Crippen LogP) is 2.84. The molecule has 5 atom stereocenters. The fraction of sp³-hybridized carbons (Fsp3) is 0.516. The van der Waals surface area contributed by atoms with Crippen molar-refractivity contribution in [2.45, 2.75) is 67.7 Å². The number of aromatic hydroxyl groups is 1. The summed E-state index contributed by atoms with van der Waals surface area (Å²) in [5.41, 5.74) is 1.25. The van der Waals surface area contributed by atoms with Gasteiger partial charge in [-0.2, -0.15) is 0 Å². The van der Waals surface area contributed by atoms with Crippen LogP contribution in [0.5, 0.6) is 17.2 Å². The molecule has 1 amide bonds. The third-order valence-electron chi connectivity index (χ3n) is 9.95. The number of rotatable bonds is 4. The number of likely N-dealkylation sites (tertiary alicyclic amines) is 1. The highest BCUT2D eigenvalue weighted by atomic mass is 16.5. The molecule has 38 heavy (non-hydrogen) atoms. The Kier molecular flexibility index (Phi) is 5.27. The third kappa shape index (κ3) is 3.26. The Morgan fingerprint density at radius 3 is 2.71 bits per heavy atom. The first-order valence-electron chi connectivity index (χ1n) is 13.8. The van der Waals surface area contributed by atoms with Crippen LogP contribution in [0, 0.1) is 17.8 Å². The maximum atomic E-state index is 13.3. The standard InChI is InChI=1S/C31H34N2O5/c1-32(26(35)12-7-19-5-9-22(37-2)10-6-19)23-13-14-31(36)25-17-21-8-11-24(34)28-27(21)30(31,29(23)38-28)15-16-33(25)18-20-3-4-20/h5-6,8-11,20,23,25,29,34,36H,3-4,13-18H2,1-2H3/t23-,25+,29-,30-,31+/m0/s1. The van der Waals surface area contributed by atoms with Gasteiger partial charge in [-0.1, -0.05) is 12.0 Å². The maximum Gasteiger partial charge on any atom is 0.298 e. The van der Waals surface area contributed by atoms with Crippen molar-refractivity contribution in [1.29, 1.82) is 0 Å². The molecule has 2 bridgehead atoms. The summed E-state index contributed by atoms with van der Waals surface area (Å²) in [4.78, 5) is 17.5. The van der Waals surface area contributed by atoms with Crippen molar-refractivity contribution in [3.05, 3.63) is 53.1 Å². The molecule has 5 aliphatic rings. The quantitative estimate of drug-likeness (QED) is 0.611. The molecule has 0 unspecified atom stereocenters. The number of likely N-dealkylation sites (N-methyl/N-ethyl adjacent to an activating group) is 1. The number of phenolic OH excluding ortho intramolecular Hbond substituents is 1. The molecule has 1 spiro atoms. The molecule has 0 aromatic heterocycles. The molecule has 2 aliphatic heterocycles. The van der Waals surface area contributed by atoms with Gasteiger partial charge in [-0.05, 0) is 86.9 Å². The van der Waals surface area contributed by atoms with Gasteiger partial charge in [0.05, 0.1) is 24.2 Å². The van der Waals surface area contributed by atoms with Crippen molar-refractivity contribution >= 4 is 5.91 Å². The Labute approximate surface area is 223 Å². The van der Waals surface area contributed by atoms with Crippen LogP contribution in [-0.2, 0) is 16.6 Å². The summed E-state index contributed by atoms with van der Waals surface area (Å²) in [7, 11) is 3.40. The Bertz CT molecular complexity index is 1360. The lowest BCUT2D eigenvalue weighted by atomic mass is 9.48. The van der Waals surface area contributed by atoms with Gasteiger partial charge in [0.1, 0.15) is 11.9 Å². The minimum atomic E-state index is -0.966. The van der Waals surface area contributed by atoms with E-state index in [2.05, 4.69) is 16.7 Å². The van der Waals surface area contributed by atoms with E-state index in [9.17, 15) is 15.0 Å². The zero-order valence-electron chi connectivity index (χ0n) is 21.9. The molecule has 3 fully saturated rings. The number of aliphatic hydroxyl groups is 1. The second kappa shape index (κ2) is 8.39. The molecule has 2 N–H and O–H groups in total. The summed E-state index contributed by atoms with van der Waals surface area (Å²) in [6, 6.07) is 10.8. The van der Waals surface area contributed by atoms with Crippen LogP contribution in [0.3, 0.4) is 0 Å². The molecule has 7 heteroatoms. The number of carbonyl (C=O) groups is 1. The average molecular weight is 515 g/mol. The topological polar surface area (TPSA) is 82.5 Å². The van der Waals surface area contributed by atoms with E-state index in [-0.39, 0.29) is 23.7 Å². The lowest BCUT2D eigenvalue weighted by molar-refractivity contribution is -0.199. The lowest BCUT2D eigenvalue weighted by Gasteiger charge is -2.64. The van der Waals surface area contributed by atoms with Gasteiger partial charge in [-0.15, -0.1) is 0 Å². The number of hydrogen-bond donors (Lipinski definition) is 2. The van der Waals surface area contributed by atoms with Crippen molar-refractivity contribution in [2.24, 2.45) is 5.92 Å². The Morgan fingerprint density at radius 2 is 1.97 bits per heavy atom. The Balaban J connectivity index is 1.23. The van der Waals surface area contributed by atoms with Crippen LogP contribution in [0.2, 0.25) is 0 Å². The van der Waals surface area contributed by atoms with Crippen molar-refractivity contribution in [2.75, 3.05) is 27.2 Å². The van der Waals surface area contributed by atoms with Crippen molar-refractivity contribution in [3.8, 4) is 29.1 Å². The van der Waals surface area contributed by atoms with Gasteiger partial charge in [0.2, 0.25) is 0 Å². The number of ether oxygens (including phenoxy) is 2. The van der Waals surface area contributed by atoms with E-state index >= 15 is 0 Å². The summed E-state index contributed by atoms with van der Waals surface area (Å²) >= 11 is 0. The van der Waals surface area contributed by atoms with Crippen LogP contribution < -0.4 is 9.47 Å². The van der Waals surface area contributed by atoms with Crippen LogP contribution in [0.15, 0.2) is 36.4 Å². The zero-order chi connectivity index (χ0) is 26.2. The van der Waals surface area contributed by atoms with Gasteiger partial charge in [-0.3, -0.25) is 9.69 Å². The van der Waals surface area contributed by atoms with Gasteiger partial charge in [0.25, 0.3) is 5.91 Å². The number of methoxy groups -OCH3 is 1. The van der Waals surface area contributed by atoms with E-state index in [1.165, 1.54) is 12.8 Å². The third-order valence-corrected chi connectivity index (χ3v) is 9.95. The minimum absolute atomic E-state index is 0.0164. The van der Waals surface area contributed by atoms with Crippen molar-refractivity contribution in [3.63, 3.8) is 0 Å². The fourth-order valence-electron chi connectivity index (χ4n) is 7.89. The van der Waals surface area contributed by atoms with Crippen LogP contribution in [0.1, 0.15) is 48.8 Å². The van der Waals surface area contributed by atoms with E-state index < -0.39 is 17.1 Å². The summed E-state index contributed by atoms with van der Waals surface area (Å²) in [5.74, 6) is 7.58. The number of hydrogen-bond acceptors (Lipinski definition) is 6. The normalized spacial score (nSPS) is 32.4. The zero-order valence-corrected chi connectivity index (χ0v) is 21.9. The first kappa shape index (κ1) is 23.9. The minimum Gasteiger partial charge on any atom is -0.504 e.